The maximum atomic E-state index is 13.7. The van der Waals surface area contributed by atoms with Crippen LogP contribution in [0.15, 0.2) is 36.5 Å². The van der Waals surface area contributed by atoms with Crippen LogP contribution in [-0.2, 0) is 0 Å². The SMILES string of the molecule is O=C(NC12CC3CC(CC(C3)C1)C2)c1cnn(-c2ccccc2)c1N1CCC[C@H]1CO. The van der Waals surface area contributed by atoms with Crippen molar-refractivity contribution in [3.63, 3.8) is 0 Å². The van der Waals surface area contributed by atoms with Gasteiger partial charge in [-0.1, -0.05) is 18.2 Å². The molecule has 1 aromatic heterocycles. The lowest BCUT2D eigenvalue weighted by molar-refractivity contribution is -0.0166. The highest BCUT2D eigenvalue weighted by Gasteiger charge is 2.51. The molecule has 2 aromatic rings. The fraction of sp³-hybridized carbons (Fsp3) is 0.600. The second-order valence-corrected chi connectivity index (χ2v) is 10.5. The van der Waals surface area contributed by atoms with Crippen molar-refractivity contribution in [2.24, 2.45) is 17.8 Å². The van der Waals surface area contributed by atoms with Gasteiger partial charge in [-0.25, -0.2) is 4.68 Å². The number of amides is 1. The van der Waals surface area contributed by atoms with Crippen molar-refractivity contribution < 1.29 is 9.90 Å². The van der Waals surface area contributed by atoms with Crippen molar-refractivity contribution in [2.75, 3.05) is 18.1 Å². The lowest BCUT2D eigenvalue weighted by atomic mass is 9.53. The molecular weight excluding hydrogens is 388 g/mol. The van der Waals surface area contributed by atoms with E-state index in [1.807, 2.05) is 35.0 Å². The van der Waals surface area contributed by atoms with Crippen LogP contribution in [0.4, 0.5) is 5.82 Å². The number of nitrogens with one attached hydrogen (secondary N) is 1. The lowest BCUT2D eigenvalue weighted by Crippen LogP contribution is -2.59. The van der Waals surface area contributed by atoms with E-state index in [1.165, 1.54) is 19.3 Å². The monoisotopic (exact) mass is 420 g/mol. The van der Waals surface area contributed by atoms with E-state index in [2.05, 4.69) is 15.3 Å². The van der Waals surface area contributed by atoms with Crippen molar-refractivity contribution in [1.29, 1.82) is 0 Å². The summed E-state index contributed by atoms with van der Waals surface area (Å²) in [5.74, 6) is 3.19. The molecule has 5 aliphatic rings. The minimum absolute atomic E-state index is 0.00252. The molecule has 164 valence electrons. The van der Waals surface area contributed by atoms with Crippen LogP contribution in [0.1, 0.15) is 61.7 Å². The van der Waals surface area contributed by atoms with E-state index in [0.29, 0.717) is 5.56 Å². The Balaban J connectivity index is 1.35. The molecule has 0 spiro atoms. The van der Waals surface area contributed by atoms with Crippen LogP contribution < -0.4 is 10.2 Å². The second-order valence-electron chi connectivity index (χ2n) is 10.5. The molecule has 31 heavy (non-hydrogen) atoms. The van der Waals surface area contributed by atoms with Gasteiger partial charge >= 0.3 is 0 Å². The zero-order valence-corrected chi connectivity index (χ0v) is 18.0. The largest absolute Gasteiger partial charge is 0.394 e. The Labute approximate surface area is 183 Å². The Morgan fingerprint density at radius 3 is 2.42 bits per heavy atom. The van der Waals surface area contributed by atoms with Gasteiger partial charge in [-0.3, -0.25) is 4.79 Å². The predicted octanol–water partition coefficient (Wildman–Crippen LogP) is 3.53. The third-order valence-corrected chi connectivity index (χ3v) is 8.27. The van der Waals surface area contributed by atoms with Gasteiger partial charge in [-0.15, -0.1) is 0 Å². The van der Waals surface area contributed by atoms with Crippen molar-refractivity contribution >= 4 is 11.7 Å². The fourth-order valence-electron chi connectivity index (χ4n) is 7.41. The zero-order chi connectivity index (χ0) is 21.0. The first-order chi connectivity index (χ1) is 15.1. The molecular formula is C25H32N4O2. The number of benzene rings is 1. The summed E-state index contributed by atoms with van der Waals surface area (Å²) in [7, 11) is 0. The summed E-state index contributed by atoms with van der Waals surface area (Å²) >= 11 is 0. The summed E-state index contributed by atoms with van der Waals surface area (Å²) in [5, 5.41) is 18.1. The van der Waals surface area contributed by atoms with Gasteiger partial charge in [0, 0.05) is 12.1 Å². The van der Waals surface area contributed by atoms with Gasteiger partial charge in [0.05, 0.1) is 24.5 Å². The van der Waals surface area contributed by atoms with Crippen molar-refractivity contribution in [1.82, 2.24) is 15.1 Å². The molecule has 6 heteroatoms. The van der Waals surface area contributed by atoms with E-state index in [9.17, 15) is 9.90 Å². The number of aliphatic hydroxyl groups excluding tert-OH is 1. The van der Waals surface area contributed by atoms with Crippen LogP contribution in [0.25, 0.3) is 5.69 Å². The topological polar surface area (TPSA) is 70.4 Å². The molecule has 2 heterocycles. The molecule has 1 aromatic carbocycles. The second kappa shape index (κ2) is 7.37. The first-order valence-corrected chi connectivity index (χ1v) is 12.0. The van der Waals surface area contributed by atoms with Gasteiger partial charge < -0.3 is 15.3 Å². The van der Waals surface area contributed by atoms with E-state index in [1.54, 1.807) is 6.20 Å². The van der Waals surface area contributed by atoms with Crippen LogP contribution >= 0.6 is 0 Å². The summed E-state index contributed by atoms with van der Waals surface area (Å²) in [6, 6.07) is 10.0. The fourth-order valence-corrected chi connectivity index (χ4v) is 7.41. The first-order valence-electron chi connectivity index (χ1n) is 12.0. The number of aromatic nitrogens is 2. The molecule has 1 atom stereocenters. The maximum absolute atomic E-state index is 13.7. The predicted molar refractivity (Wildman–Crippen MR) is 119 cm³/mol. The number of hydrogen-bond acceptors (Lipinski definition) is 4. The Hall–Kier alpha value is -2.34. The Bertz CT molecular complexity index is 934. The summed E-state index contributed by atoms with van der Waals surface area (Å²) in [4.78, 5) is 15.9. The van der Waals surface area contributed by atoms with E-state index in [4.69, 9.17) is 0 Å². The van der Waals surface area contributed by atoms with Crippen LogP contribution in [0.3, 0.4) is 0 Å². The van der Waals surface area contributed by atoms with Crippen molar-refractivity contribution in [3.05, 3.63) is 42.1 Å². The number of nitrogens with zero attached hydrogens (tertiary/aromatic N) is 3. The number of rotatable bonds is 5. The molecule has 1 aliphatic heterocycles. The zero-order valence-electron chi connectivity index (χ0n) is 18.0. The third kappa shape index (κ3) is 3.27. The molecule has 1 saturated heterocycles. The van der Waals surface area contributed by atoms with Crippen LogP contribution in [0, 0.1) is 17.8 Å². The number of para-hydroxylation sites is 1. The third-order valence-electron chi connectivity index (χ3n) is 8.27. The van der Waals surface area contributed by atoms with E-state index >= 15 is 0 Å². The van der Waals surface area contributed by atoms with Crippen molar-refractivity contribution in [3.8, 4) is 5.69 Å². The quantitative estimate of drug-likeness (QED) is 0.776. The van der Waals surface area contributed by atoms with Gasteiger partial charge in [0.25, 0.3) is 5.91 Å². The van der Waals surface area contributed by atoms with E-state index in [-0.39, 0.29) is 24.1 Å². The van der Waals surface area contributed by atoms with Crippen LogP contribution in [0.2, 0.25) is 0 Å². The molecule has 7 rings (SSSR count). The molecule has 2 N–H and O–H groups in total. The average Bonchev–Trinajstić information content (AvgIpc) is 3.39. The number of anilines is 1. The van der Waals surface area contributed by atoms with Crippen LogP contribution in [-0.4, -0.2) is 45.5 Å². The Morgan fingerprint density at radius 1 is 1.10 bits per heavy atom. The summed E-state index contributed by atoms with van der Waals surface area (Å²) < 4.78 is 1.88. The van der Waals surface area contributed by atoms with Gasteiger partial charge in [0.15, 0.2) is 0 Å². The number of carbonyl (C=O) groups is 1. The van der Waals surface area contributed by atoms with Crippen LogP contribution in [0.5, 0.6) is 0 Å². The van der Waals surface area contributed by atoms with Crippen molar-refractivity contribution in [2.45, 2.75) is 62.9 Å². The number of aliphatic hydroxyl groups is 1. The highest BCUT2D eigenvalue weighted by atomic mass is 16.3. The highest BCUT2D eigenvalue weighted by Crippen LogP contribution is 2.55. The lowest BCUT2D eigenvalue weighted by Gasteiger charge is -2.56. The maximum Gasteiger partial charge on any atom is 0.257 e. The molecule has 6 nitrogen and oxygen atoms in total. The Morgan fingerprint density at radius 2 is 1.77 bits per heavy atom. The Kier molecular flexibility index (Phi) is 4.60. The molecule has 0 unspecified atom stereocenters. The average molecular weight is 421 g/mol. The van der Waals surface area contributed by atoms with E-state index < -0.39 is 0 Å². The van der Waals surface area contributed by atoms with Gasteiger partial charge in [-0.2, -0.15) is 5.10 Å². The normalized spacial score (nSPS) is 33.8. The molecule has 4 bridgehead atoms. The van der Waals surface area contributed by atoms with Gasteiger partial charge in [-0.05, 0) is 81.3 Å². The summed E-state index contributed by atoms with van der Waals surface area (Å²) in [6.45, 7) is 0.928. The summed E-state index contributed by atoms with van der Waals surface area (Å²) in [6.07, 6.45) is 11.2. The standard InChI is InChI=1S/C25H32N4O2/c30-16-21-7-4-8-28(21)24-22(15-26-29(24)20-5-2-1-3-6-20)23(31)27-25-12-17-9-18(13-25)11-19(10-17)14-25/h1-3,5-6,15,17-19,21,30H,4,7-14,16H2,(H,27,31)/t17?,18?,19?,21-,25?/m0/s1. The van der Waals surface area contributed by atoms with E-state index in [0.717, 1.165) is 67.9 Å². The molecule has 0 radical (unpaired) electrons. The smallest absolute Gasteiger partial charge is 0.257 e. The first kappa shape index (κ1) is 19.4. The molecule has 4 saturated carbocycles. The number of carbonyl (C=O) groups excluding carboxylic acids is 1. The number of hydrogen-bond donors (Lipinski definition) is 2. The van der Waals surface area contributed by atoms with Gasteiger partial charge in [0.1, 0.15) is 11.4 Å². The highest BCUT2D eigenvalue weighted by molar-refractivity contribution is 5.99. The summed E-state index contributed by atoms with van der Waals surface area (Å²) in [5.41, 5.74) is 1.55. The minimum atomic E-state index is -0.0284. The molecule has 5 fully saturated rings. The molecule has 1 amide bonds. The minimum Gasteiger partial charge on any atom is -0.394 e. The van der Waals surface area contributed by atoms with Gasteiger partial charge in [0.2, 0.25) is 0 Å². The molecule has 4 aliphatic carbocycles.